The summed E-state index contributed by atoms with van der Waals surface area (Å²) in [4.78, 5) is 27.9. The smallest absolute Gasteiger partial charge is 0.330 e. The Morgan fingerprint density at radius 3 is 2.55 bits per heavy atom. The number of hydrogen-bond acceptors (Lipinski definition) is 5. The molecular formula is C13H24N4O3. The topological polar surface area (TPSA) is 104 Å². The Labute approximate surface area is 118 Å². The second-order valence-electron chi connectivity index (χ2n) is 5.01. The van der Waals surface area contributed by atoms with Gasteiger partial charge in [0.25, 0.3) is 5.56 Å². The van der Waals surface area contributed by atoms with E-state index < -0.39 is 11.2 Å². The van der Waals surface area contributed by atoms with E-state index in [9.17, 15) is 9.59 Å². The maximum Gasteiger partial charge on any atom is 0.330 e. The number of nitrogens with zero attached hydrogens (tertiary/aromatic N) is 2. The van der Waals surface area contributed by atoms with E-state index in [4.69, 9.17) is 10.8 Å². The van der Waals surface area contributed by atoms with Gasteiger partial charge >= 0.3 is 5.69 Å². The molecule has 0 spiro atoms. The van der Waals surface area contributed by atoms with Crippen molar-refractivity contribution in [1.82, 2.24) is 9.55 Å². The maximum absolute atomic E-state index is 12.0. The lowest BCUT2D eigenvalue weighted by atomic mass is 10.2. The van der Waals surface area contributed by atoms with Crippen molar-refractivity contribution in [2.24, 2.45) is 0 Å². The van der Waals surface area contributed by atoms with Crippen molar-refractivity contribution in [3.63, 3.8) is 0 Å². The first-order chi connectivity index (χ1) is 9.43. The summed E-state index contributed by atoms with van der Waals surface area (Å²) in [5.41, 5.74) is 5.27. The average molecular weight is 284 g/mol. The van der Waals surface area contributed by atoms with Crippen molar-refractivity contribution in [3.8, 4) is 0 Å². The molecule has 1 rings (SSSR count). The Kier molecular flexibility index (Phi) is 5.82. The number of aliphatic hydroxyl groups is 1. The quantitative estimate of drug-likeness (QED) is 0.660. The fourth-order valence-corrected chi connectivity index (χ4v) is 2.13. The molecule has 1 aromatic rings. The van der Waals surface area contributed by atoms with Crippen molar-refractivity contribution < 1.29 is 5.11 Å². The van der Waals surface area contributed by atoms with Crippen LogP contribution in [0.2, 0.25) is 0 Å². The number of rotatable bonds is 7. The molecule has 0 radical (unpaired) electrons. The molecule has 0 amide bonds. The van der Waals surface area contributed by atoms with E-state index in [2.05, 4.69) is 4.98 Å². The van der Waals surface area contributed by atoms with Crippen LogP contribution in [0.15, 0.2) is 9.59 Å². The molecule has 0 bridgehead atoms. The van der Waals surface area contributed by atoms with Gasteiger partial charge in [0.05, 0.1) is 6.61 Å². The van der Waals surface area contributed by atoms with Gasteiger partial charge in [-0.3, -0.25) is 14.3 Å². The molecule has 0 fully saturated rings. The summed E-state index contributed by atoms with van der Waals surface area (Å²) in [5.74, 6) is 0.161. The van der Waals surface area contributed by atoms with Crippen LogP contribution in [-0.2, 0) is 6.54 Å². The molecule has 0 aromatic carbocycles. The zero-order valence-electron chi connectivity index (χ0n) is 12.3. The van der Waals surface area contributed by atoms with E-state index in [0.29, 0.717) is 6.54 Å². The molecule has 1 aromatic heterocycles. The zero-order valence-corrected chi connectivity index (χ0v) is 12.3. The predicted octanol–water partition coefficient (Wildman–Crippen LogP) is 0.126. The molecule has 0 saturated carbocycles. The highest BCUT2D eigenvalue weighted by molar-refractivity contribution is 5.62. The summed E-state index contributed by atoms with van der Waals surface area (Å²) in [5, 5.41) is 9.13. The number of aromatic nitrogens is 2. The van der Waals surface area contributed by atoms with Gasteiger partial charge in [0.1, 0.15) is 11.5 Å². The SMILES string of the molecule is CCCCn1c(N)c(N(CCO)C(C)C)c(=O)[nH]c1=O. The summed E-state index contributed by atoms with van der Waals surface area (Å²) >= 11 is 0. The highest BCUT2D eigenvalue weighted by atomic mass is 16.3. The van der Waals surface area contributed by atoms with Crippen LogP contribution in [0.5, 0.6) is 0 Å². The number of H-pyrrole nitrogens is 1. The van der Waals surface area contributed by atoms with E-state index in [1.807, 2.05) is 20.8 Å². The number of hydrogen-bond donors (Lipinski definition) is 3. The molecule has 0 aliphatic heterocycles. The molecule has 0 atom stereocenters. The number of nitrogens with one attached hydrogen (secondary N) is 1. The van der Waals surface area contributed by atoms with Crippen molar-refractivity contribution in [2.45, 2.75) is 46.2 Å². The average Bonchev–Trinajstić information content (AvgIpc) is 2.37. The van der Waals surface area contributed by atoms with Crippen LogP contribution in [0.25, 0.3) is 0 Å². The van der Waals surface area contributed by atoms with Crippen molar-refractivity contribution in [1.29, 1.82) is 0 Å². The van der Waals surface area contributed by atoms with Crippen molar-refractivity contribution in [3.05, 3.63) is 20.8 Å². The van der Waals surface area contributed by atoms with E-state index in [1.165, 1.54) is 4.57 Å². The van der Waals surface area contributed by atoms with E-state index in [1.54, 1.807) is 4.90 Å². The fraction of sp³-hybridized carbons (Fsp3) is 0.692. The Balaban J connectivity index is 3.38. The summed E-state index contributed by atoms with van der Waals surface area (Å²) in [6, 6.07) is -0.0114. The highest BCUT2D eigenvalue weighted by Crippen LogP contribution is 2.18. The third-order valence-electron chi connectivity index (χ3n) is 3.20. The predicted molar refractivity (Wildman–Crippen MR) is 80.2 cm³/mol. The van der Waals surface area contributed by atoms with Gasteiger partial charge in [0.2, 0.25) is 0 Å². The summed E-state index contributed by atoms with van der Waals surface area (Å²) in [6.07, 6.45) is 1.72. The van der Waals surface area contributed by atoms with Crippen LogP contribution in [0.1, 0.15) is 33.6 Å². The molecule has 0 saturated heterocycles. The van der Waals surface area contributed by atoms with Crippen LogP contribution in [0.4, 0.5) is 11.5 Å². The van der Waals surface area contributed by atoms with Gasteiger partial charge in [-0.15, -0.1) is 0 Å². The lowest BCUT2D eigenvalue weighted by Gasteiger charge is -2.29. The van der Waals surface area contributed by atoms with Crippen LogP contribution in [0.3, 0.4) is 0 Å². The first kappa shape index (κ1) is 16.3. The zero-order chi connectivity index (χ0) is 15.3. The number of unbranched alkanes of at least 4 members (excludes halogenated alkanes) is 1. The van der Waals surface area contributed by atoms with Gasteiger partial charge in [0, 0.05) is 19.1 Å². The molecule has 7 nitrogen and oxygen atoms in total. The largest absolute Gasteiger partial charge is 0.395 e. The number of nitrogens with two attached hydrogens (primary N) is 1. The highest BCUT2D eigenvalue weighted by Gasteiger charge is 2.20. The van der Waals surface area contributed by atoms with Gasteiger partial charge in [-0.25, -0.2) is 4.79 Å². The molecule has 1 heterocycles. The maximum atomic E-state index is 12.0. The minimum absolute atomic E-state index is 0.0114. The fourth-order valence-electron chi connectivity index (χ4n) is 2.13. The van der Waals surface area contributed by atoms with E-state index >= 15 is 0 Å². The first-order valence-corrected chi connectivity index (χ1v) is 6.94. The number of aliphatic hydroxyl groups excluding tert-OH is 1. The Morgan fingerprint density at radius 1 is 1.40 bits per heavy atom. The summed E-state index contributed by atoms with van der Waals surface area (Å²) < 4.78 is 1.38. The number of nitrogen functional groups attached to an aromatic ring is 1. The number of aromatic amines is 1. The third kappa shape index (κ3) is 3.41. The lowest BCUT2D eigenvalue weighted by molar-refractivity contribution is 0.299. The van der Waals surface area contributed by atoms with Crippen LogP contribution < -0.4 is 21.9 Å². The lowest BCUT2D eigenvalue weighted by Crippen LogP contribution is -2.42. The van der Waals surface area contributed by atoms with Crippen LogP contribution >= 0.6 is 0 Å². The Hall–Kier alpha value is -1.76. The van der Waals surface area contributed by atoms with Crippen molar-refractivity contribution in [2.75, 3.05) is 23.8 Å². The number of anilines is 2. The van der Waals surface area contributed by atoms with Crippen LogP contribution in [-0.4, -0.2) is 33.9 Å². The molecule has 0 unspecified atom stereocenters. The van der Waals surface area contributed by atoms with Gasteiger partial charge in [-0.2, -0.15) is 0 Å². The van der Waals surface area contributed by atoms with E-state index in [0.717, 1.165) is 12.8 Å². The molecular weight excluding hydrogens is 260 g/mol. The standard InChI is InChI=1S/C13H24N4O3/c1-4-5-6-17-11(14)10(12(19)15-13(17)20)16(7-8-18)9(2)3/h9,18H,4-8,14H2,1-3H3,(H,15,19,20). The first-order valence-electron chi connectivity index (χ1n) is 6.94. The second kappa shape index (κ2) is 7.14. The molecule has 4 N–H and O–H groups in total. The van der Waals surface area contributed by atoms with Gasteiger partial charge < -0.3 is 15.7 Å². The molecule has 0 aliphatic carbocycles. The van der Waals surface area contributed by atoms with Crippen LogP contribution in [0, 0.1) is 0 Å². The molecule has 0 aliphatic rings. The second-order valence-corrected chi connectivity index (χ2v) is 5.01. The Morgan fingerprint density at radius 2 is 2.05 bits per heavy atom. The minimum Gasteiger partial charge on any atom is -0.395 e. The van der Waals surface area contributed by atoms with Gasteiger partial charge in [-0.05, 0) is 20.3 Å². The third-order valence-corrected chi connectivity index (χ3v) is 3.20. The molecule has 20 heavy (non-hydrogen) atoms. The Bertz CT molecular complexity index is 548. The van der Waals surface area contributed by atoms with Gasteiger partial charge in [0.15, 0.2) is 0 Å². The minimum atomic E-state index is -0.512. The van der Waals surface area contributed by atoms with E-state index in [-0.39, 0.29) is 30.7 Å². The monoisotopic (exact) mass is 284 g/mol. The van der Waals surface area contributed by atoms with Gasteiger partial charge in [-0.1, -0.05) is 13.3 Å². The normalized spacial score (nSPS) is 11.1. The summed E-state index contributed by atoms with van der Waals surface area (Å²) in [6.45, 7) is 6.48. The molecule has 7 heteroatoms. The van der Waals surface area contributed by atoms with Crippen molar-refractivity contribution >= 4 is 11.5 Å². The molecule has 114 valence electrons. The summed E-state index contributed by atoms with van der Waals surface area (Å²) in [7, 11) is 0.